The van der Waals surface area contributed by atoms with E-state index in [0.717, 1.165) is 31.6 Å². The molecular weight excluding hydrogens is 463 g/mol. The minimum absolute atomic E-state index is 0.167. The van der Waals surface area contributed by atoms with Crippen molar-refractivity contribution >= 4 is 22.7 Å². The molecule has 3 N–H and O–H groups in total. The average Bonchev–Trinajstić information content (AvgIpc) is 2.81. The van der Waals surface area contributed by atoms with Crippen LogP contribution in [0.2, 0.25) is 0 Å². The Morgan fingerprint density at radius 1 is 0.829 bits per heavy atom. The van der Waals surface area contributed by atoms with Crippen LogP contribution in [0.4, 0.5) is 13.2 Å². The first kappa shape index (κ1) is 27.7. The zero-order chi connectivity index (χ0) is 25.7. The van der Waals surface area contributed by atoms with Crippen LogP contribution in [0.3, 0.4) is 0 Å². The number of aliphatic carboxylic acids is 2. The molecule has 0 bridgehead atoms. The molecule has 0 fully saturated rings. The smallest absolute Gasteiger partial charge is 0.490 e. The average molecular weight is 492 g/mol. The van der Waals surface area contributed by atoms with E-state index in [1.165, 1.54) is 21.9 Å². The summed E-state index contributed by atoms with van der Waals surface area (Å²) in [6, 6.07) is 23.2. The summed E-state index contributed by atoms with van der Waals surface area (Å²) in [6.07, 6.45) is -2.12. The van der Waals surface area contributed by atoms with Gasteiger partial charge in [-0.05, 0) is 53.4 Å². The van der Waals surface area contributed by atoms with Crippen molar-refractivity contribution in [3.63, 3.8) is 0 Å². The first-order valence-corrected chi connectivity index (χ1v) is 11.1. The molecule has 0 aliphatic rings. The van der Waals surface area contributed by atoms with E-state index >= 15 is 0 Å². The second kappa shape index (κ2) is 14.0. The summed E-state index contributed by atoms with van der Waals surface area (Å²) < 4.78 is 37.7. The lowest BCUT2D eigenvalue weighted by Crippen LogP contribution is -2.21. The van der Waals surface area contributed by atoms with Gasteiger partial charge >= 0.3 is 18.1 Å². The second-order valence-corrected chi connectivity index (χ2v) is 7.73. The fourth-order valence-corrected chi connectivity index (χ4v) is 3.21. The SMILES string of the molecule is O=C(O)C(F)(F)F.O=C(O)CCNCCCc1cccc(OCCc2ccc3ccccc3c2)c1. The molecular formula is C26H28F3NO5. The molecule has 0 spiro atoms. The number of carboxylic acids is 2. The number of halogens is 3. The van der Waals surface area contributed by atoms with Gasteiger partial charge in [-0.1, -0.05) is 54.6 Å². The van der Waals surface area contributed by atoms with Crippen molar-refractivity contribution in [1.29, 1.82) is 0 Å². The zero-order valence-electron chi connectivity index (χ0n) is 19.1. The lowest BCUT2D eigenvalue weighted by molar-refractivity contribution is -0.192. The molecule has 3 aromatic carbocycles. The van der Waals surface area contributed by atoms with Gasteiger partial charge in [0.2, 0.25) is 0 Å². The van der Waals surface area contributed by atoms with Gasteiger partial charge in [-0.25, -0.2) is 4.79 Å². The Kier molecular flexibility index (Phi) is 11.0. The number of benzene rings is 3. The number of rotatable bonds is 11. The molecule has 0 radical (unpaired) electrons. The van der Waals surface area contributed by atoms with Crippen LogP contribution in [-0.4, -0.2) is 48.0 Å². The molecule has 188 valence electrons. The first-order valence-electron chi connectivity index (χ1n) is 11.1. The Balaban J connectivity index is 0.000000540. The molecule has 0 saturated heterocycles. The third-order valence-corrected chi connectivity index (χ3v) is 4.95. The third-order valence-electron chi connectivity index (χ3n) is 4.95. The summed E-state index contributed by atoms with van der Waals surface area (Å²) in [5.74, 6) is -2.62. The van der Waals surface area contributed by atoms with Crippen LogP contribution in [0.5, 0.6) is 5.75 Å². The maximum Gasteiger partial charge on any atom is 0.490 e. The number of aryl methyl sites for hydroxylation is 1. The summed E-state index contributed by atoms with van der Waals surface area (Å²) in [4.78, 5) is 19.4. The minimum atomic E-state index is -5.08. The van der Waals surface area contributed by atoms with Crippen LogP contribution >= 0.6 is 0 Å². The molecule has 0 unspecified atom stereocenters. The van der Waals surface area contributed by atoms with Gasteiger partial charge in [-0.3, -0.25) is 4.79 Å². The summed E-state index contributed by atoms with van der Waals surface area (Å²) >= 11 is 0. The number of carboxylic acid groups (broad SMARTS) is 2. The minimum Gasteiger partial charge on any atom is -0.493 e. The molecule has 6 nitrogen and oxygen atoms in total. The lowest BCUT2D eigenvalue weighted by Gasteiger charge is -2.09. The number of alkyl halides is 3. The van der Waals surface area contributed by atoms with Gasteiger partial charge < -0.3 is 20.3 Å². The number of hydrogen-bond acceptors (Lipinski definition) is 4. The molecule has 0 saturated carbocycles. The Morgan fingerprint density at radius 3 is 2.20 bits per heavy atom. The van der Waals surface area contributed by atoms with Crippen LogP contribution < -0.4 is 10.1 Å². The largest absolute Gasteiger partial charge is 0.493 e. The molecule has 0 aliphatic heterocycles. The van der Waals surface area contributed by atoms with Crippen LogP contribution in [-0.2, 0) is 22.4 Å². The number of ether oxygens (including phenoxy) is 1. The maximum absolute atomic E-state index is 10.6. The van der Waals surface area contributed by atoms with E-state index in [4.69, 9.17) is 19.7 Å². The number of fused-ring (bicyclic) bond motifs is 1. The van der Waals surface area contributed by atoms with Gasteiger partial charge in [0.15, 0.2) is 0 Å². The Labute approximate surface area is 201 Å². The van der Waals surface area contributed by atoms with Crippen molar-refractivity contribution in [2.75, 3.05) is 19.7 Å². The fourth-order valence-electron chi connectivity index (χ4n) is 3.21. The van der Waals surface area contributed by atoms with Crippen molar-refractivity contribution < 1.29 is 37.7 Å². The summed E-state index contributed by atoms with van der Waals surface area (Å²) in [6.45, 7) is 1.99. The van der Waals surface area contributed by atoms with E-state index in [9.17, 15) is 18.0 Å². The van der Waals surface area contributed by atoms with Crippen molar-refractivity contribution in [3.05, 3.63) is 77.9 Å². The quantitative estimate of drug-likeness (QED) is 0.324. The molecule has 0 heterocycles. The van der Waals surface area contributed by atoms with Crippen molar-refractivity contribution in [2.24, 2.45) is 0 Å². The molecule has 0 atom stereocenters. The Hall–Kier alpha value is -3.59. The molecule has 3 aromatic rings. The van der Waals surface area contributed by atoms with Crippen LogP contribution in [0.25, 0.3) is 10.8 Å². The van der Waals surface area contributed by atoms with E-state index in [-0.39, 0.29) is 6.42 Å². The summed E-state index contributed by atoms with van der Waals surface area (Å²) in [5.41, 5.74) is 2.52. The van der Waals surface area contributed by atoms with Crippen molar-refractivity contribution in [1.82, 2.24) is 5.32 Å². The highest BCUT2D eigenvalue weighted by Crippen LogP contribution is 2.18. The third kappa shape index (κ3) is 10.9. The number of carbonyl (C=O) groups is 2. The summed E-state index contributed by atoms with van der Waals surface area (Å²) in [7, 11) is 0. The normalized spacial score (nSPS) is 10.9. The van der Waals surface area contributed by atoms with Gasteiger partial charge in [0.05, 0.1) is 13.0 Å². The van der Waals surface area contributed by atoms with E-state index < -0.39 is 18.1 Å². The standard InChI is InChI=1S/C24H27NO3.C2HF3O2/c26-24(27)12-15-25-14-4-6-19-5-3-9-23(18-19)28-16-13-20-10-11-21-7-1-2-8-22(21)17-20;3-2(4,5)1(6)7/h1-3,5,7-11,17-18,25H,4,6,12-16H2,(H,26,27);(H,6,7). The molecule has 0 aromatic heterocycles. The van der Waals surface area contributed by atoms with Gasteiger partial charge in [0, 0.05) is 13.0 Å². The molecule has 0 amide bonds. The molecule has 9 heteroatoms. The zero-order valence-corrected chi connectivity index (χ0v) is 19.1. The van der Waals surface area contributed by atoms with Crippen LogP contribution in [0, 0.1) is 0 Å². The van der Waals surface area contributed by atoms with Crippen molar-refractivity contribution in [3.8, 4) is 5.75 Å². The van der Waals surface area contributed by atoms with Crippen LogP contribution in [0.15, 0.2) is 66.7 Å². The fraction of sp³-hybridized carbons (Fsp3) is 0.308. The highest BCUT2D eigenvalue weighted by Gasteiger charge is 2.38. The predicted octanol–water partition coefficient (Wildman–Crippen LogP) is 5.09. The molecule has 0 aliphatic carbocycles. The van der Waals surface area contributed by atoms with Gasteiger partial charge in [0.25, 0.3) is 0 Å². The predicted molar refractivity (Wildman–Crippen MR) is 127 cm³/mol. The summed E-state index contributed by atoms with van der Waals surface area (Å²) in [5, 5.41) is 21.4. The number of hydrogen-bond donors (Lipinski definition) is 3. The topological polar surface area (TPSA) is 95.9 Å². The monoisotopic (exact) mass is 491 g/mol. The number of nitrogens with one attached hydrogen (secondary N) is 1. The highest BCUT2D eigenvalue weighted by molar-refractivity contribution is 5.83. The van der Waals surface area contributed by atoms with Gasteiger partial charge in [0.1, 0.15) is 5.75 Å². The van der Waals surface area contributed by atoms with E-state index in [2.05, 4.69) is 59.9 Å². The Bertz CT molecular complexity index is 1100. The Morgan fingerprint density at radius 2 is 1.51 bits per heavy atom. The van der Waals surface area contributed by atoms with E-state index in [1.807, 2.05) is 12.1 Å². The lowest BCUT2D eigenvalue weighted by atomic mass is 10.1. The molecule has 35 heavy (non-hydrogen) atoms. The van der Waals surface area contributed by atoms with Gasteiger partial charge in [-0.15, -0.1) is 0 Å². The second-order valence-electron chi connectivity index (χ2n) is 7.73. The highest BCUT2D eigenvalue weighted by atomic mass is 19.4. The van der Waals surface area contributed by atoms with Gasteiger partial charge in [-0.2, -0.15) is 13.2 Å². The van der Waals surface area contributed by atoms with E-state index in [1.54, 1.807) is 0 Å². The van der Waals surface area contributed by atoms with Crippen LogP contribution in [0.1, 0.15) is 24.0 Å². The molecule has 3 rings (SSSR count). The van der Waals surface area contributed by atoms with E-state index in [0.29, 0.717) is 13.2 Å². The van der Waals surface area contributed by atoms with Crippen molar-refractivity contribution in [2.45, 2.75) is 31.9 Å². The maximum atomic E-state index is 10.6. The first-order chi connectivity index (χ1) is 16.6.